The van der Waals surface area contributed by atoms with Crippen molar-refractivity contribution < 1.29 is 34.0 Å². The number of ether oxygens (including phenoxy) is 2. The number of nitrogens with zero attached hydrogens (tertiary/aromatic N) is 1. The van der Waals surface area contributed by atoms with Crippen LogP contribution >= 0.6 is 23.4 Å². The van der Waals surface area contributed by atoms with Crippen LogP contribution in [-0.4, -0.2) is 76.0 Å². The SMILES string of the molecule is CCOc1ccc(Cc2cc([C@@H]3O[C@H](CSc4cc(C(=O)N5CCCC5)ccc4F)[C@H](O)[C@@H](O)C3O)ccc2Cl)cc1. The molecule has 3 aromatic carbocycles. The Hall–Kier alpha value is -2.66. The van der Waals surface area contributed by atoms with Gasteiger partial charge in [-0.2, -0.15) is 0 Å². The molecule has 0 bridgehead atoms. The fraction of sp³-hybridized carbons (Fsp3) is 0.406. The average Bonchev–Trinajstić information content (AvgIpc) is 3.54. The molecule has 3 aromatic rings. The van der Waals surface area contributed by atoms with Gasteiger partial charge in [-0.05, 0) is 79.3 Å². The third kappa shape index (κ3) is 6.93. The van der Waals surface area contributed by atoms with Crippen molar-refractivity contribution in [1.82, 2.24) is 4.90 Å². The molecule has 5 rings (SSSR count). The number of thioether (sulfide) groups is 1. The van der Waals surface area contributed by atoms with Crippen molar-refractivity contribution in [1.29, 1.82) is 0 Å². The van der Waals surface area contributed by atoms with Crippen LogP contribution in [0.25, 0.3) is 0 Å². The minimum absolute atomic E-state index is 0.0896. The molecular weight excluding hydrogens is 581 g/mol. The maximum atomic E-state index is 14.7. The number of rotatable bonds is 9. The quantitative estimate of drug-likeness (QED) is 0.291. The van der Waals surface area contributed by atoms with Gasteiger partial charge < -0.3 is 29.7 Å². The van der Waals surface area contributed by atoms with Crippen molar-refractivity contribution in [3.63, 3.8) is 0 Å². The molecule has 7 nitrogen and oxygen atoms in total. The van der Waals surface area contributed by atoms with Gasteiger partial charge >= 0.3 is 0 Å². The van der Waals surface area contributed by atoms with E-state index in [4.69, 9.17) is 21.1 Å². The molecule has 2 aliphatic rings. The van der Waals surface area contributed by atoms with Crippen molar-refractivity contribution in [3.05, 3.63) is 93.8 Å². The Morgan fingerprint density at radius 3 is 2.48 bits per heavy atom. The summed E-state index contributed by atoms with van der Waals surface area (Å²) in [6.07, 6.45) is -3.69. The summed E-state index contributed by atoms with van der Waals surface area (Å²) in [5, 5.41) is 32.8. The number of aliphatic hydroxyl groups is 3. The lowest BCUT2D eigenvalue weighted by Gasteiger charge is -2.41. The molecule has 5 atom stereocenters. The third-order valence-electron chi connectivity index (χ3n) is 7.71. The number of halogens is 2. The van der Waals surface area contributed by atoms with Gasteiger partial charge in [0.2, 0.25) is 0 Å². The van der Waals surface area contributed by atoms with Gasteiger partial charge in [-0.3, -0.25) is 4.79 Å². The summed E-state index contributed by atoms with van der Waals surface area (Å²) in [7, 11) is 0. The summed E-state index contributed by atoms with van der Waals surface area (Å²) in [5.74, 6) is 0.246. The second-order valence-electron chi connectivity index (χ2n) is 10.6. The predicted molar refractivity (Wildman–Crippen MR) is 160 cm³/mol. The molecule has 3 N–H and O–H groups in total. The summed E-state index contributed by atoms with van der Waals surface area (Å²) in [6.45, 7) is 3.88. The number of carbonyl (C=O) groups excluding carboxylic acids is 1. The highest BCUT2D eigenvalue weighted by Gasteiger charge is 2.44. The lowest BCUT2D eigenvalue weighted by molar-refractivity contribution is -0.218. The predicted octanol–water partition coefficient (Wildman–Crippen LogP) is 5.02. The zero-order valence-corrected chi connectivity index (χ0v) is 24.9. The minimum Gasteiger partial charge on any atom is -0.494 e. The monoisotopic (exact) mass is 615 g/mol. The van der Waals surface area contributed by atoms with E-state index in [2.05, 4.69) is 0 Å². The maximum Gasteiger partial charge on any atom is 0.253 e. The maximum absolute atomic E-state index is 14.7. The van der Waals surface area contributed by atoms with E-state index in [-0.39, 0.29) is 16.6 Å². The highest BCUT2D eigenvalue weighted by molar-refractivity contribution is 7.99. The second kappa shape index (κ2) is 13.8. The van der Waals surface area contributed by atoms with Gasteiger partial charge in [0.15, 0.2) is 0 Å². The molecule has 2 saturated heterocycles. The first-order valence-corrected chi connectivity index (χ1v) is 15.5. The Morgan fingerprint density at radius 2 is 1.76 bits per heavy atom. The number of benzene rings is 3. The molecule has 0 saturated carbocycles. The lowest BCUT2D eigenvalue weighted by atomic mass is 9.90. The standard InChI is InChI=1S/C32H35ClFNO6S/c1-2-40-23-9-5-19(6-10-23)15-22-16-20(7-11-24(22)33)31-30(38)29(37)28(36)26(41-31)18-42-27-17-21(8-12-25(27)34)32(39)35-13-3-4-14-35/h5-12,16-17,26,28-31,36-38H,2-4,13-15,18H2,1H3/t26-,28+,29-,30?,31+/m1/s1. The van der Waals surface area contributed by atoms with E-state index in [9.17, 15) is 24.5 Å². The number of amides is 1. The van der Waals surface area contributed by atoms with Gasteiger partial charge in [0.05, 0.1) is 12.7 Å². The van der Waals surface area contributed by atoms with Gasteiger partial charge in [-0.1, -0.05) is 35.9 Å². The van der Waals surface area contributed by atoms with Gasteiger partial charge in [0.1, 0.15) is 36.0 Å². The van der Waals surface area contributed by atoms with Crippen LogP contribution in [-0.2, 0) is 11.2 Å². The van der Waals surface area contributed by atoms with Gasteiger partial charge in [0.25, 0.3) is 5.91 Å². The molecule has 2 aliphatic heterocycles. The van der Waals surface area contributed by atoms with Crippen LogP contribution in [0.15, 0.2) is 65.6 Å². The number of likely N-dealkylation sites (tertiary alicyclic amines) is 1. The summed E-state index contributed by atoms with van der Waals surface area (Å²) in [4.78, 5) is 14.8. The van der Waals surface area contributed by atoms with E-state index in [0.717, 1.165) is 41.5 Å². The van der Waals surface area contributed by atoms with Crippen LogP contribution in [0.3, 0.4) is 0 Å². The average molecular weight is 616 g/mol. The Kier molecular flexibility index (Phi) is 10.1. The second-order valence-corrected chi connectivity index (χ2v) is 12.1. The zero-order valence-electron chi connectivity index (χ0n) is 23.3. The molecule has 0 spiro atoms. The fourth-order valence-corrected chi connectivity index (χ4v) is 6.60. The summed E-state index contributed by atoms with van der Waals surface area (Å²) in [5.41, 5.74) is 2.82. The number of aliphatic hydroxyl groups excluding tert-OH is 3. The molecule has 2 heterocycles. The normalized spacial score (nSPS) is 24.1. The minimum atomic E-state index is -1.48. The van der Waals surface area contributed by atoms with E-state index in [0.29, 0.717) is 42.3 Å². The Labute approximate surface area is 254 Å². The summed E-state index contributed by atoms with van der Waals surface area (Å²) in [6, 6.07) is 17.2. The Balaban J connectivity index is 1.30. The van der Waals surface area contributed by atoms with Crippen LogP contribution in [0, 0.1) is 5.82 Å². The molecule has 0 aliphatic carbocycles. The largest absolute Gasteiger partial charge is 0.494 e. The van der Waals surface area contributed by atoms with Crippen LogP contribution < -0.4 is 4.74 Å². The topological polar surface area (TPSA) is 99.5 Å². The molecule has 10 heteroatoms. The van der Waals surface area contributed by atoms with E-state index in [1.165, 1.54) is 18.2 Å². The highest BCUT2D eigenvalue weighted by atomic mass is 35.5. The number of carbonyl (C=O) groups is 1. The molecule has 0 aromatic heterocycles. The molecular formula is C32H35ClFNO6S. The van der Waals surface area contributed by atoms with Crippen LogP contribution in [0.4, 0.5) is 4.39 Å². The van der Waals surface area contributed by atoms with Gasteiger partial charge in [-0.15, -0.1) is 11.8 Å². The van der Waals surface area contributed by atoms with Crippen molar-refractivity contribution in [2.75, 3.05) is 25.4 Å². The number of hydrogen-bond donors (Lipinski definition) is 3. The van der Waals surface area contributed by atoms with Gasteiger partial charge in [-0.25, -0.2) is 4.39 Å². The number of hydrogen-bond acceptors (Lipinski definition) is 7. The van der Waals surface area contributed by atoms with Crippen molar-refractivity contribution in [2.45, 2.75) is 61.6 Å². The molecule has 1 unspecified atom stereocenters. The lowest BCUT2D eigenvalue weighted by Crippen LogP contribution is -2.54. The van der Waals surface area contributed by atoms with Crippen molar-refractivity contribution in [3.8, 4) is 5.75 Å². The fourth-order valence-electron chi connectivity index (χ4n) is 5.38. The van der Waals surface area contributed by atoms with Crippen LogP contribution in [0.2, 0.25) is 5.02 Å². The van der Waals surface area contributed by atoms with Gasteiger partial charge in [0, 0.05) is 34.3 Å². The van der Waals surface area contributed by atoms with E-state index < -0.39 is 36.3 Å². The molecule has 1 amide bonds. The molecule has 0 radical (unpaired) electrons. The third-order valence-corrected chi connectivity index (χ3v) is 9.20. The van der Waals surface area contributed by atoms with Crippen molar-refractivity contribution >= 4 is 29.3 Å². The first-order chi connectivity index (χ1) is 20.2. The molecule has 42 heavy (non-hydrogen) atoms. The molecule has 2 fully saturated rings. The first-order valence-electron chi connectivity index (χ1n) is 14.2. The Bertz CT molecular complexity index is 1390. The highest BCUT2D eigenvalue weighted by Crippen LogP contribution is 2.37. The van der Waals surface area contributed by atoms with Crippen LogP contribution in [0.5, 0.6) is 5.75 Å². The summed E-state index contributed by atoms with van der Waals surface area (Å²) < 4.78 is 26.4. The van der Waals surface area contributed by atoms with Crippen LogP contribution in [0.1, 0.15) is 52.9 Å². The Morgan fingerprint density at radius 1 is 1.02 bits per heavy atom. The molecule has 224 valence electrons. The van der Waals surface area contributed by atoms with Crippen molar-refractivity contribution in [2.24, 2.45) is 0 Å². The van der Waals surface area contributed by atoms with E-state index in [1.54, 1.807) is 17.0 Å². The smallest absolute Gasteiger partial charge is 0.253 e. The zero-order chi connectivity index (χ0) is 29.8. The first kappa shape index (κ1) is 30.8. The van der Waals surface area contributed by atoms with E-state index >= 15 is 0 Å². The van der Waals surface area contributed by atoms with E-state index in [1.807, 2.05) is 37.3 Å². The summed E-state index contributed by atoms with van der Waals surface area (Å²) >= 11 is 7.60.